The predicted molar refractivity (Wildman–Crippen MR) is 70.3 cm³/mol. The lowest BCUT2D eigenvalue weighted by Gasteiger charge is -1.95. The first kappa shape index (κ1) is 11.9. The minimum absolute atomic E-state index is 0.677. The summed E-state index contributed by atoms with van der Waals surface area (Å²) < 4.78 is 1.97. The summed E-state index contributed by atoms with van der Waals surface area (Å²) in [5, 5.41) is 0. The molecule has 0 aliphatic heterocycles. The van der Waals surface area contributed by atoms with Crippen LogP contribution in [0.25, 0.3) is 0 Å². The van der Waals surface area contributed by atoms with Gasteiger partial charge in [-0.3, -0.25) is 0 Å². The minimum Gasteiger partial charge on any atom is -0.222 e. The largest absolute Gasteiger partial charge is 0.376 e. The summed E-state index contributed by atoms with van der Waals surface area (Å²) in [5.74, 6) is 9.52. The molecule has 0 fully saturated rings. The van der Waals surface area contributed by atoms with Gasteiger partial charge in [0.05, 0.1) is 6.20 Å². The fraction of sp³-hybridized carbons (Fsp3) is 0.125. The van der Waals surface area contributed by atoms with E-state index in [4.69, 9.17) is 6.42 Å². The van der Waals surface area contributed by atoms with E-state index in [0.29, 0.717) is 6.42 Å². The second kappa shape index (κ2) is 6.23. The van der Waals surface area contributed by atoms with E-state index in [1.165, 1.54) is 0 Å². The van der Waals surface area contributed by atoms with Crippen molar-refractivity contribution in [3.63, 3.8) is 0 Å². The van der Waals surface area contributed by atoms with E-state index in [1.54, 1.807) is 6.20 Å². The molecule has 0 radical (unpaired) electrons. The Kier molecular flexibility index (Phi) is 4.11. The molecule has 0 atom stereocenters. The van der Waals surface area contributed by atoms with Crippen LogP contribution in [0.4, 0.5) is 0 Å². The van der Waals surface area contributed by atoms with Crippen molar-refractivity contribution < 1.29 is 4.57 Å². The molecule has 2 aromatic rings. The Bertz CT molecular complexity index is 613. The Balaban J connectivity index is 2.25. The number of benzene rings is 1. The molecule has 18 heavy (non-hydrogen) atoms. The van der Waals surface area contributed by atoms with Crippen LogP contribution in [0.15, 0.2) is 48.8 Å². The molecule has 0 aliphatic rings. The van der Waals surface area contributed by atoms with Gasteiger partial charge in [0.1, 0.15) is 12.7 Å². The van der Waals surface area contributed by atoms with Crippen LogP contribution in [0.1, 0.15) is 17.8 Å². The van der Waals surface area contributed by atoms with Crippen LogP contribution in [0, 0.1) is 24.2 Å². The summed E-state index contributed by atoms with van der Waals surface area (Å²) in [6.07, 6.45) is 9.63. The number of terminal acetylenes is 1. The molecule has 0 bridgehead atoms. The van der Waals surface area contributed by atoms with Gasteiger partial charge in [0.2, 0.25) is 0 Å². The maximum atomic E-state index is 5.27. The van der Waals surface area contributed by atoms with Crippen LogP contribution in [0.2, 0.25) is 0 Å². The first-order chi connectivity index (χ1) is 8.90. The second-order valence-electron chi connectivity index (χ2n) is 3.71. The van der Waals surface area contributed by atoms with Gasteiger partial charge >= 0.3 is 5.82 Å². The third-order valence-corrected chi connectivity index (χ3v) is 2.41. The number of nitrogens with zero attached hydrogens (tertiary/aromatic N) is 2. The first-order valence-corrected chi connectivity index (χ1v) is 5.75. The number of hydrogen-bond donors (Lipinski definition) is 0. The SMILES string of the molecule is C#CCC[n+]1cccnc1C#Cc1ccccc1. The van der Waals surface area contributed by atoms with Gasteiger partial charge in [0.25, 0.3) is 0 Å². The highest BCUT2D eigenvalue weighted by Gasteiger charge is 2.06. The second-order valence-corrected chi connectivity index (χ2v) is 3.71. The van der Waals surface area contributed by atoms with Gasteiger partial charge in [-0.2, -0.15) is 0 Å². The third kappa shape index (κ3) is 3.20. The number of hydrogen-bond acceptors (Lipinski definition) is 1. The minimum atomic E-state index is 0.677. The number of rotatable bonds is 2. The fourth-order valence-corrected chi connectivity index (χ4v) is 1.52. The molecule has 1 heterocycles. The lowest BCUT2D eigenvalue weighted by Crippen LogP contribution is -2.37. The van der Waals surface area contributed by atoms with Crippen LogP contribution in [-0.4, -0.2) is 4.98 Å². The van der Waals surface area contributed by atoms with Crippen molar-refractivity contribution in [3.05, 3.63) is 60.2 Å². The molecule has 0 N–H and O–H groups in total. The highest BCUT2D eigenvalue weighted by molar-refractivity contribution is 5.36. The van der Waals surface area contributed by atoms with Gasteiger partial charge in [0, 0.05) is 24.0 Å². The molecule has 1 aromatic carbocycles. The van der Waals surface area contributed by atoms with Gasteiger partial charge in [-0.15, -0.1) is 12.3 Å². The smallest absolute Gasteiger partial charge is 0.222 e. The monoisotopic (exact) mass is 233 g/mol. The third-order valence-electron chi connectivity index (χ3n) is 2.41. The van der Waals surface area contributed by atoms with Crippen LogP contribution < -0.4 is 4.57 Å². The summed E-state index contributed by atoms with van der Waals surface area (Å²) in [7, 11) is 0. The Morgan fingerprint density at radius 2 is 1.94 bits per heavy atom. The zero-order chi connectivity index (χ0) is 12.6. The van der Waals surface area contributed by atoms with Gasteiger partial charge in [0.15, 0.2) is 0 Å². The summed E-state index contributed by atoms with van der Waals surface area (Å²) in [4.78, 5) is 4.27. The molecule has 2 nitrogen and oxygen atoms in total. The average Bonchev–Trinajstić information content (AvgIpc) is 2.45. The zero-order valence-corrected chi connectivity index (χ0v) is 10.0. The number of aromatic nitrogens is 2. The lowest BCUT2D eigenvalue weighted by atomic mass is 10.2. The summed E-state index contributed by atoms with van der Waals surface area (Å²) in [6.45, 7) is 0.739. The van der Waals surface area contributed by atoms with Crippen LogP contribution >= 0.6 is 0 Å². The van der Waals surface area contributed by atoms with E-state index in [9.17, 15) is 0 Å². The van der Waals surface area contributed by atoms with Crippen molar-refractivity contribution in [2.75, 3.05) is 0 Å². The van der Waals surface area contributed by atoms with E-state index in [1.807, 2.05) is 47.2 Å². The van der Waals surface area contributed by atoms with Crippen LogP contribution in [0.3, 0.4) is 0 Å². The van der Waals surface area contributed by atoms with Crippen molar-refractivity contribution in [1.82, 2.24) is 4.98 Å². The fourth-order valence-electron chi connectivity index (χ4n) is 1.52. The molecule has 2 heteroatoms. The van der Waals surface area contributed by atoms with Crippen molar-refractivity contribution in [1.29, 1.82) is 0 Å². The van der Waals surface area contributed by atoms with Crippen LogP contribution in [0.5, 0.6) is 0 Å². The van der Waals surface area contributed by atoms with E-state index < -0.39 is 0 Å². The maximum absolute atomic E-state index is 5.27. The molecule has 1 aromatic heterocycles. The van der Waals surface area contributed by atoms with Gasteiger partial charge in [-0.05, 0) is 17.1 Å². The molecule has 0 saturated heterocycles. The van der Waals surface area contributed by atoms with E-state index >= 15 is 0 Å². The lowest BCUT2D eigenvalue weighted by molar-refractivity contribution is -0.701. The Morgan fingerprint density at radius 1 is 1.11 bits per heavy atom. The summed E-state index contributed by atoms with van der Waals surface area (Å²) in [5.41, 5.74) is 0.978. The molecule has 0 saturated carbocycles. The standard InChI is InChI=1S/C16H13N2/c1-2-3-13-18-14-7-12-17-16(18)11-10-15-8-5-4-6-9-15/h1,4-9,12,14H,3,13H2/q+1. The maximum Gasteiger partial charge on any atom is 0.376 e. The molecule has 86 valence electrons. The Labute approximate surface area is 107 Å². The van der Waals surface area contributed by atoms with E-state index in [-0.39, 0.29) is 0 Å². The Hall–Kier alpha value is -2.58. The van der Waals surface area contributed by atoms with Crippen LogP contribution in [-0.2, 0) is 6.54 Å². The average molecular weight is 233 g/mol. The highest BCUT2D eigenvalue weighted by atomic mass is 15.0. The first-order valence-electron chi connectivity index (χ1n) is 5.75. The topological polar surface area (TPSA) is 16.8 Å². The quantitative estimate of drug-likeness (QED) is 0.571. The molecular weight excluding hydrogens is 220 g/mol. The highest BCUT2D eigenvalue weighted by Crippen LogP contribution is 1.95. The van der Waals surface area contributed by atoms with Crippen molar-refractivity contribution in [2.24, 2.45) is 0 Å². The Morgan fingerprint density at radius 3 is 2.72 bits per heavy atom. The predicted octanol–water partition coefficient (Wildman–Crippen LogP) is 1.79. The summed E-state index contributed by atoms with van der Waals surface area (Å²) in [6, 6.07) is 11.7. The van der Waals surface area contributed by atoms with Gasteiger partial charge in [-0.1, -0.05) is 24.1 Å². The molecule has 0 aliphatic carbocycles. The van der Waals surface area contributed by atoms with E-state index in [2.05, 4.69) is 22.7 Å². The van der Waals surface area contributed by atoms with E-state index in [0.717, 1.165) is 17.9 Å². The van der Waals surface area contributed by atoms with Gasteiger partial charge in [-0.25, -0.2) is 4.57 Å². The molecular formula is C16H13N2+. The molecule has 0 amide bonds. The molecule has 0 unspecified atom stereocenters. The van der Waals surface area contributed by atoms with Crippen molar-refractivity contribution >= 4 is 0 Å². The summed E-state index contributed by atoms with van der Waals surface area (Å²) >= 11 is 0. The molecule has 0 spiro atoms. The van der Waals surface area contributed by atoms with Crippen molar-refractivity contribution in [3.8, 4) is 24.2 Å². The molecule has 2 rings (SSSR count). The van der Waals surface area contributed by atoms with Crippen molar-refractivity contribution in [2.45, 2.75) is 13.0 Å². The zero-order valence-electron chi connectivity index (χ0n) is 10.0. The normalized spacial score (nSPS) is 9.06. The number of aryl methyl sites for hydroxylation is 1. The van der Waals surface area contributed by atoms with Gasteiger partial charge < -0.3 is 0 Å².